The van der Waals surface area contributed by atoms with Crippen molar-refractivity contribution in [1.29, 1.82) is 0 Å². The quantitative estimate of drug-likeness (QED) is 0.753. The molecule has 1 aliphatic heterocycles. The van der Waals surface area contributed by atoms with E-state index in [-0.39, 0.29) is 18.3 Å². The van der Waals surface area contributed by atoms with Crippen LogP contribution in [0.3, 0.4) is 0 Å². The normalized spacial score (nSPS) is 32.6. The van der Waals surface area contributed by atoms with Crippen LogP contribution in [0.1, 0.15) is 65.7 Å². The number of ether oxygens (including phenoxy) is 1. The summed E-state index contributed by atoms with van der Waals surface area (Å²) in [7, 11) is 0. The number of aliphatic hydroxyl groups excluding tert-OH is 1. The van der Waals surface area contributed by atoms with Gasteiger partial charge in [0.25, 0.3) is 0 Å². The van der Waals surface area contributed by atoms with Gasteiger partial charge in [-0.1, -0.05) is 33.1 Å². The molecule has 3 atom stereocenters. The van der Waals surface area contributed by atoms with Crippen LogP contribution in [0.15, 0.2) is 0 Å². The number of rotatable bonds is 6. The van der Waals surface area contributed by atoms with E-state index in [4.69, 9.17) is 9.84 Å². The smallest absolute Gasteiger partial charge is 0.0813 e. The zero-order valence-corrected chi connectivity index (χ0v) is 11.2. The van der Waals surface area contributed by atoms with Gasteiger partial charge in [-0.15, -0.1) is 0 Å². The lowest BCUT2D eigenvalue weighted by Gasteiger charge is -2.38. The summed E-state index contributed by atoms with van der Waals surface area (Å²) in [6.07, 6.45) is 8.45. The van der Waals surface area contributed by atoms with Crippen LogP contribution in [0.5, 0.6) is 0 Å². The Hall–Kier alpha value is -0.0800. The molecule has 1 aliphatic rings. The van der Waals surface area contributed by atoms with Crippen LogP contribution in [0, 0.1) is 5.92 Å². The lowest BCUT2D eigenvalue weighted by atomic mass is 9.87. The molecule has 2 unspecified atom stereocenters. The largest absolute Gasteiger partial charge is 0.394 e. The molecule has 0 amide bonds. The van der Waals surface area contributed by atoms with Crippen molar-refractivity contribution in [3.05, 3.63) is 0 Å². The van der Waals surface area contributed by atoms with Crippen molar-refractivity contribution in [2.24, 2.45) is 5.92 Å². The van der Waals surface area contributed by atoms with E-state index in [0.717, 1.165) is 25.2 Å². The number of aliphatic hydroxyl groups is 1. The predicted molar refractivity (Wildman–Crippen MR) is 67.5 cm³/mol. The Morgan fingerprint density at radius 1 is 1.50 bits per heavy atom. The van der Waals surface area contributed by atoms with Gasteiger partial charge >= 0.3 is 0 Å². The van der Waals surface area contributed by atoms with E-state index in [1.54, 1.807) is 0 Å². The molecular weight excluding hydrogens is 200 g/mol. The zero-order chi connectivity index (χ0) is 12.0. The molecule has 1 saturated heterocycles. The summed E-state index contributed by atoms with van der Waals surface area (Å²) in [5.74, 6) is 0.834. The molecule has 0 aromatic heterocycles. The van der Waals surface area contributed by atoms with Crippen molar-refractivity contribution >= 4 is 0 Å². The fourth-order valence-electron chi connectivity index (χ4n) is 2.56. The average Bonchev–Trinajstić information content (AvgIpc) is 2.28. The Balaban J connectivity index is 2.28. The van der Waals surface area contributed by atoms with Crippen LogP contribution in [0.25, 0.3) is 0 Å². The predicted octanol–water partition coefficient (Wildman–Crippen LogP) is 3.52. The van der Waals surface area contributed by atoms with Crippen molar-refractivity contribution in [1.82, 2.24) is 0 Å². The summed E-state index contributed by atoms with van der Waals surface area (Å²) in [6, 6.07) is 0. The van der Waals surface area contributed by atoms with Gasteiger partial charge in [0.1, 0.15) is 0 Å². The molecule has 2 heteroatoms. The molecule has 1 fully saturated rings. The van der Waals surface area contributed by atoms with Crippen LogP contribution in [0.2, 0.25) is 0 Å². The first kappa shape index (κ1) is 14.0. The minimum absolute atomic E-state index is 0.0269. The Morgan fingerprint density at radius 3 is 2.88 bits per heavy atom. The summed E-state index contributed by atoms with van der Waals surface area (Å²) in [4.78, 5) is 0. The highest BCUT2D eigenvalue weighted by atomic mass is 16.5. The van der Waals surface area contributed by atoms with Crippen LogP contribution in [0.4, 0.5) is 0 Å². The summed E-state index contributed by atoms with van der Waals surface area (Å²) in [6.45, 7) is 6.97. The van der Waals surface area contributed by atoms with Crippen molar-refractivity contribution < 1.29 is 9.84 Å². The molecule has 0 aliphatic carbocycles. The molecule has 1 N–H and O–H groups in total. The first-order valence-electron chi connectivity index (χ1n) is 6.88. The Kier molecular flexibility index (Phi) is 5.77. The maximum Gasteiger partial charge on any atom is 0.0813 e. The lowest BCUT2D eigenvalue weighted by molar-refractivity contribution is -0.136. The van der Waals surface area contributed by atoms with E-state index >= 15 is 0 Å². The highest BCUT2D eigenvalue weighted by Gasteiger charge is 2.32. The van der Waals surface area contributed by atoms with Crippen molar-refractivity contribution in [2.45, 2.75) is 77.4 Å². The third-order valence-electron chi connectivity index (χ3n) is 3.99. The third kappa shape index (κ3) is 4.42. The Bertz CT molecular complexity index is 193. The summed E-state index contributed by atoms with van der Waals surface area (Å²) < 4.78 is 5.99. The minimum atomic E-state index is 0.0269. The van der Waals surface area contributed by atoms with E-state index < -0.39 is 0 Å². The molecule has 0 spiro atoms. The van der Waals surface area contributed by atoms with Gasteiger partial charge in [-0.05, 0) is 38.5 Å². The fraction of sp³-hybridized carbons (Fsp3) is 1.00. The van der Waals surface area contributed by atoms with E-state index in [1.165, 1.54) is 25.7 Å². The van der Waals surface area contributed by atoms with E-state index in [0.29, 0.717) is 0 Å². The summed E-state index contributed by atoms with van der Waals surface area (Å²) >= 11 is 0. The lowest BCUT2D eigenvalue weighted by Crippen LogP contribution is -2.39. The molecular formula is C14H28O2. The first-order chi connectivity index (χ1) is 7.59. The molecule has 16 heavy (non-hydrogen) atoms. The summed E-state index contributed by atoms with van der Waals surface area (Å²) in [5.41, 5.74) is 0.0269. The van der Waals surface area contributed by atoms with Gasteiger partial charge in [-0.2, -0.15) is 0 Å². The second-order valence-electron chi connectivity index (χ2n) is 5.67. The van der Waals surface area contributed by atoms with Crippen LogP contribution in [-0.2, 0) is 4.74 Å². The minimum Gasteiger partial charge on any atom is -0.394 e. The Labute approximate surface area is 100 Å². The van der Waals surface area contributed by atoms with Gasteiger partial charge < -0.3 is 9.84 Å². The fourth-order valence-corrected chi connectivity index (χ4v) is 2.56. The molecule has 1 heterocycles. The molecule has 0 aromatic carbocycles. The highest BCUT2D eigenvalue weighted by molar-refractivity contribution is 4.82. The van der Waals surface area contributed by atoms with Crippen molar-refractivity contribution in [3.8, 4) is 0 Å². The molecule has 0 radical (unpaired) electrons. The van der Waals surface area contributed by atoms with Gasteiger partial charge in [0.2, 0.25) is 0 Å². The van der Waals surface area contributed by atoms with Gasteiger partial charge in [-0.3, -0.25) is 0 Å². The van der Waals surface area contributed by atoms with E-state index in [2.05, 4.69) is 20.8 Å². The SMILES string of the molecule is CC[C@@H](C)CCCC1(C)CCCC(CO)O1. The standard InChI is InChI=1S/C14H28O2/c1-4-12(2)7-5-9-14(3)10-6-8-13(11-15)16-14/h12-13,15H,4-11H2,1-3H3/t12-,13?,14?/m1/s1. The van der Waals surface area contributed by atoms with Crippen molar-refractivity contribution in [2.75, 3.05) is 6.61 Å². The average molecular weight is 228 g/mol. The molecule has 2 nitrogen and oxygen atoms in total. The monoisotopic (exact) mass is 228 g/mol. The molecule has 1 rings (SSSR count). The second-order valence-corrected chi connectivity index (χ2v) is 5.67. The second kappa shape index (κ2) is 6.61. The van der Waals surface area contributed by atoms with Gasteiger partial charge in [0, 0.05) is 0 Å². The highest BCUT2D eigenvalue weighted by Crippen LogP contribution is 2.33. The van der Waals surface area contributed by atoms with Gasteiger partial charge in [-0.25, -0.2) is 0 Å². The van der Waals surface area contributed by atoms with Gasteiger partial charge in [0.05, 0.1) is 18.3 Å². The topological polar surface area (TPSA) is 29.5 Å². The van der Waals surface area contributed by atoms with Crippen LogP contribution >= 0.6 is 0 Å². The third-order valence-corrected chi connectivity index (χ3v) is 3.99. The number of hydrogen-bond acceptors (Lipinski definition) is 2. The van der Waals surface area contributed by atoms with Crippen LogP contribution < -0.4 is 0 Å². The van der Waals surface area contributed by atoms with E-state index in [1.807, 2.05) is 0 Å². The van der Waals surface area contributed by atoms with Gasteiger partial charge in [0.15, 0.2) is 0 Å². The zero-order valence-electron chi connectivity index (χ0n) is 11.2. The molecule has 0 bridgehead atoms. The first-order valence-corrected chi connectivity index (χ1v) is 6.88. The van der Waals surface area contributed by atoms with E-state index in [9.17, 15) is 0 Å². The molecule has 0 saturated carbocycles. The maximum atomic E-state index is 9.15. The van der Waals surface area contributed by atoms with Crippen LogP contribution in [-0.4, -0.2) is 23.4 Å². The number of hydrogen-bond donors (Lipinski definition) is 1. The summed E-state index contributed by atoms with van der Waals surface area (Å²) in [5, 5.41) is 9.15. The van der Waals surface area contributed by atoms with Crippen molar-refractivity contribution in [3.63, 3.8) is 0 Å². The molecule has 96 valence electrons. The molecule has 0 aromatic rings. The maximum absolute atomic E-state index is 9.15. The Morgan fingerprint density at radius 2 is 2.25 bits per heavy atom.